The van der Waals surface area contributed by atoms with Gasteiger partial charge in [-0.25, -0.2) is 14.5 Å². The van der Waals surface area contributed by atoms with E-state index in [1.54, 1.807) is 25.3 Å². The van der Waals surface area contributed by atoms with Crippen molar-refractivity contribution >= 4 is 46.4 Å². The van der Waals surface area contributed by atoms with E-state index in [0.29, 0.717) is 5.75 Å². The molecule has 1 aromatic heterocycles. The minimum absolute atomic E-state index is 0.0362. The van der Waals surface area contributed by atoms with E-state index in [0.717, 1.165) is 32.6 Å². The van der Waals surface area contributed by atoms with Crippen LogP contribution in [-0.2, 0) is 20.8 Å². The second-order valence-electron chi connectivity index (χ2n) is 10.3. The van der Waals surface area contributed by atoms with E-state index < -0.39 is 54.3 Å². The van der Waals surface area contributed by atoms with Crippen molar-refractivity contribution in [2.75, 3.05) is 12.0 Å². The number of amides is 4. The predicted octanol–water partition coefficient (Wildman–Crippen LogP) is 3.32. The third-order valence-corrected chi connectivity index (χ3v) is 7.85. The SMILES string of the molecule is COc1ccc(C2c3[nH]c4ccccc4c3CC3C(=O)N(c4ccccc4C(=O)NC(CC(=O)O)C(=O)O)C(=O)N32)cc1. The number of carboxylic acids is 2. The highest BCUT2D eigenvalue weighted by atomic mass is 16.5. The first-order chi connectivity index (χ1) is 20.7. The number of rotatable bonds is 8. The van der Waals surface area contributed by atoms with Crippen molar-refractivity contribution in [3.8, 4) is 5.75 Å². The smallest absolute Gasteiger partial charge is 0.332 e. The second-order valence-corrected chi connectivity index (χ2v) is 10.3. The van der Waals surface area contributed by atoms with Crippen molar-refractivity contribution < 1.29 is 38.9 Å². The Kier molecular flexibility index (Phi) is 6.81. The Morgan fingerprint density at radius 1 is 1.00 bits per heavy atom. The highest BCUT2D eigenvalue weighted by molar-refractivity contribution is 6.24. The van der Waals surface area contributed by atoms with Gasteiger partial charge >= 0.3 is 18.0 Å². The number of urea groups is 1. The fourth-order valence-corrected chi connectivity index (χ4v) is 5.90. The summed E-state index contributed by atoms with van der Waals surface area (Å²) in [7, 11) is 1.55. The van der Waals surface area contributed by atoms with Crippen LogP contribution in [0.5, 0.6) is 5.75 Å². The van der Waals surface area contributed by atoms with Crippen molar-refractivity contribution in [3.63, 3.8) is 0 Å². The van der Waals surface area contributed by atoms with Gasteiger partial charge in [0.25, 0.3) is 11.8 Å². The number of hydrogen-bond acceptors (Lipinski definition) is 6. The summed E-state index contributed by atoms with van der Waals surface area (Å²) < 4.78 is 5.31. The summed E-state index contributed by atoms with van der Waals surface area (Å²) in [4.78, 5) is 70.2. The zero-order valence-corrected chi connectivity index (χ0v) is 22.8. The zero-order chi connectivity index (χ0) is 30.4. The number of aliphatic carboxylic acids is 2. The molecule has 3 heterocycles. The molecule has 2 aliphatic rings. The molecule has 0 aliphatic carbocycles. The third kappa shape index (κ3) is 4.62. The van der Waals surface area contributed by atoms with Crippen molar-refractivity contribution in [2.45, 2.75) is 31.0 Å². The lowest BCUT2D eigenvalue weighted by Crippen LogP contribution is -2.44. The number of carboxylic acid groups (broad SMARTS) is 2. The normalized spacial score (nSPS) is 18.3. The molecule has 0 radical (unpaired) electrons. The molecule has 1 saturated heterocycles. The number of aromatic amines is 1. The second kappa shape index (κ2) is 10.6. The van der Waals surface area contributed by atoms with Crippen LogP contribution < -0.4 is 15.0 Å². The van der Waals surface area contributed by atoms with Crippen LogP contribution in [0, 0.1) is 0 Å². The molecule has 4 amide bonds. The number of hydrogen-bond donors (Lipinski definition) is 4. The molecule has 43 heavy (non-hydrogen) atoms. The summed E-state index contributed by atoms with van der Waals surface area (Å²) in [6.45, 7) is 0. The van der Waals surface area contributed by atoms with E-state index in [-0.39, 0.29) is 17.7 Å². The van der Waals surface area contributed by atoms with Gasteiger partial charge in [-0.1, -0.05) is 42.5 Å². The molecule has 0 saturated carbocycles. The fraction of sp³-hybridized carbons (Fsp3) is 0.194. The van der Waals surface area contributed by atoms with Crippen LogP contribution in [0.2, 0.25) is 0 Å². The molecular weight excluding hydrogens is 556 g/mol. The lowest BCUT2D eigenvalue weighted by molar-refractivity contribution is -0.145. The minimum atomic E-state index is -1.72. The summed E-state index contributed by atoms with van der Waals surface area (Å²) in [5.41, 5.74) is 3.11. The number of benzene rings is 3. The van der Waals surface area contributed by atoms with Gasteiger partial charge in [-0.3, -0.25) is 19.3 Å². The predicted molar refractivity (Wildman–Crippen MR) is 153 cm³/mol. The molecule has 3 atom stereocenters. The van der Waals surface area contributed by atoms with Gasteiger partial charge in [-0.2, -0.15) is 0 Å². The summed E-state index contributed by atoms with van der Waals surface area (Å²) in [6, 6.07) is 16.8. The Labute approximate surface area is 244 Å². The Bertz CT molecular complexity index is 1800. The maximum atomic E-state index is 14.2. The molecule has 4 N–H and O–H groups in total. The van der Waals surface area contributed by atoms with Crippen molar-refractivity contribution in [1.82, 2.24) is 15.2 Å². The highest BCUT2D eigenvalue weighted by Crippen LogP contribution is 2.45. The third-order valence-electron chi connectivity index (χ3n) is 7.85. The first kappa shape index (κ1) is 27.5. The van der Waals surface area contributed by atoms with Gasteiger partial charge in [0.05, 0.1) is 24.8 Å². The van der Waals surface area contributed by atoms with E-state index in [4.69, 9.17) is 9.84 Å². The Morgan fingerprint density at radius 2 is 1.70 bits per heavy atom. The topological polar surface area (TPSA) is 169 Å². The van der Waals surface area contributed by atoms with E-state index in [1.807, 2.05) is 36.4 Å². The van der Waals surface area contributed by atoms with Crippen LogP contribution in [-0.4, -0.2) is 69.1 Å². The van der Waals surface area contributed by atoms with E-state index in [9.17, 15) is 29.1 Å². The molecule has 4 aromatic rings. The average molecular weight is 583 g/mol. The number of carbonyl (C=O) groups excluding carboxylic acids is 3. The molecular formula is C31H26N4O8. The first-order valence-corrected chi connectivity index (χ1v) is 13.4. The number of methoxy groups -OCH3 is 1. The van der Waals surface area contributed by atoms with Crippen LogP contribution in [0.4, 0.5) is 10.5 Å². The Balaban J connectivity index is 1.42. The monoisotopic (exact) mass is 582 g/mol. The molecule has 0 spiro atoms. The largest absolute Gasteiger partial charge is 0.497 e. The van der Waals surface area contributed by atoms with Crippen molar-refractivity contribution in [2.24, 2.45) is 0 Å². The van der Waals surface area contributed by atoms with E-state index >= 15 is 0 Å². The molecule has 12 nitrogen and oxygen atoms in total. The van der Waals surface area contributed by atoms with Crippen LogP contribution in [0.25, 0.3) is 10.9 Å². The molecule has 3 aromatic carbocycles. The van der Waals surface area contributed by atoms with Gasteiger partial charge in [0.2, 0.25) is 0 Å². The first-order valence-electron chi connectivity index (χ1n) is 13.4. The summed E-state index contributed by atoms with van der Waals surface area (Å²) in [6.07, 6.45) is -0.614. The number of carbonyl (C=O) groups is 5. The highest BCUT2D eigenvalue weighted by Gasteiger charge is 2.53. The summed E-state index contributed by atoms with van der Waals surface area (Å²) >= 11 is 0. The lowest BCUT2D eigenvalue weighted by Gasteiger charge is -2.36. The molecule has 1 fully saturated rings. The number of para-hydroxylation sites is 2. The zero-order valence-electron chi connectivity index (χ0n) is 22.8. The summed E-state index contributed by atoms with van der Waals surface area (Å²) in [5.74, 6) is -3.80. The maximum absolute atomic E-state index is 14.2. The standard InChI is InChI=1S/C31H26N4O8/c1-43-17-12-10-16(11-13-17)27-26-20(18-6-2-4-8-21(18)32-26)14-24-29(39)35(31(42)34(24)27)23-9-5-3-7-19(23)28(38)33-22(30(40)41)15-25(36)37/h2-13,22,24,27,32H,14-15H2,1H3,(H,33,38)(H,36,37)(H,40,41). The number of anilines is 1. The van der Waals surface area contributed by atoms with Crippen LogP contribution >= 0.6 is 0 Å². The van der Waals surface area contributed by atoms with Gasteiger partial charge in [0, 0.05) is 23.0 Å². The Morgan fingerprint density at radius 3 is 2.40 bits per heavy atom. The van der Waals surface area contributed by atoms with Crippen molar-refractivity contribution in [3.05, 3.63) is 95.2 Å². The number of imide groups is 1. The number of aromatic nitrogens is 1. The van der Waals surface area contributed by atoms with Gasteiger partial charge in [0.15, 0.2) is 0 Å². The summed E-state index contributed by atoms with van der Waals surface area (Å²) in [5, 5.41) is 21.6. The van der Waals surface area contributed by atoms with Gasteiger partial charge in [0.1, 0.15) is 23.9 Å². The van der Waals surface area contributed by atoms with Gasteiger partial charge in [-0.15, -0.1) is 0 Å². The van der Waals surface area contributed by atoms with Crippen LogP contribution in [0.1, 0.15) is 39.6 Å². The van der Waals surface area contributed by atoms with Crippen molar-refractivity contribution in [1.29, 1.82) is 0 Å². The lowest BCUT2D eigenvalue weighted by atomic mass is 9.89. The van der Waals surface area contributed by atoms with Crippen LogP contribution in [0.15, 0.2) is 72.8 Å². The average Bonchev–Trinajstić information content (AvgIpc) is 3.49. The quantitative estimate of drug-likeness (QED) is 0.229. The number of fused-ring (bicyclic) bond motifs is 4. The van der Waals surface area contributed by atoms with Gasteiger partial charge < -0.3 is 25.3 Å². The van der Waals surface area contributed by atoms with E-state index in [1.165, 1.54) is 23.1 Å². The fourth-order valence-electron chi connectivity index (χ4n) is 5.90. The minimum Gasteiger partial charge on any atom is -0.497 e. The number of ether oxygens (including phenoxy) is 1. The van der Waals surface area contributed by atoms with E-state index in [2.05, 4.69) is 10.3 Å². The Hall–Kier alpha value is -5.65. The molecule has 2 aliphatic heterocycles. The number of nitrogens with one attached hydrogen (secondary N) is 2. The number of nitrogens with zero attached hydrogens (tertiary/aromatic N) is 2. The number of H-pyrrole nitrogens is 1. The van der Waals surface area contributed by atoms with Gasteiger partial charge in [-0.05, 0) is 41.5 Å². The van der Waals surface area contributed by atoms with Crippen LogP contribution in [0.3, 0.4) is 0 Å². The molecule has 3 unspecified atom stereocenters. The maximum Gasteiger partial charge on any atom is 0.332 e. The molecule has 6 rings (SSSR count). The molecule has 12 heteroatoms. The molecule has 218 valence electrons. The molecule has 0 bridgehead atoms.